The summed E-state index contributed by atoms with van der Waals surface area (Å²) in [6.07, 6.45) is 4.11. The first-order chi connectivity index (χ1) is 9.64. The predicted molar refractivity (Wildman–Crippen MR) is 79.1 cm³/mol. The number of hydrogen-bond acceptors (Lipinski definition) is 4. The second-order valence-corrected chi connectivity index (χ2v) is 5.94. The fourth-order valence-electron chi connectivity index (χ4n) is 1.93. The predicted octanol–water partition coefficient (Wildman–Crippen LogP) is 1.72. The highest BCUT2D eigenvalue weighted by atomic mass is 16.7. The van der Waals surface area contributed by atoms with E-state index in [0.717, 1.165) is 6.20 Å². The molecule has 0 aromatic carbocycles. The summed E-state index contributed by atoms with van der Waals surface area (Å²) in [6, 6.07) is 0. The van der Waals surface area contributed by atoms with Gasteiger partial charge in [0.2, 0.25) is 5.43 Å². The number of carbonyl (C=O) groups is 1. The molecule has 1 aromatic heterocycles. The van der Waals surface area contributed by atoms with Crippen molar-refractivity contribution in [2.24, 2.45) is 0 Å². The fourth-order valence-corrected chi connectivity index (χ4v) is 1.93. The zero-order valence-corrected chi connectivity index (χ0v) is 12.5. The molecule has 0 saturated carbocycles. The van der Waals surface area contributed by atoms with Gasteiger partial charge in [-0.15, -0.1) is 0 Å². The van der Waals surface area contributed by atoms with Crippen LogP contribution in [-0.2, 0) is 9.31 Å². The largest absolute Gasteiger partial charge is 0.487 e. The van der Waals surface area contributed by atoms with E-state index in [1.165, 1.54) is 12.3 Å². The van der Waals surface area contributed by atoms with Crippen LogP contribution in [0.1, 0.15) is 43.6 Å². The molecule has 0 spiro atoms. The van der Waals surface area contributed by atoms with Crippen molar-refractivity contribution in [1.82, 2.24) is 4.98 Å². The number of nitrogens with one attached hydrogen (secondary N) is 1. The Morgan fingerprint density at radius 3 is 2.33 bits per heavy atom. The van der Waals surface area contributed by atoms with E-state index in [1.807, 2.05) is 27.7 Å². The van der Waals surface area contributed by atoms with Gasteiger partial charge in [-0.05, 0) is 27.7 Å². The van der Waals surface area contributed by atoms with E-state index in [9.17, 15) is 9.59 Å². The highest BCUT2D eigenvalue weighted by molar-refractivity contribution is 6.52. The van der Waals surface area contributed by atoms with Gasteiger partial charge in [0.1, 0.15) is 5.56 Å². The summed E-state index contributed by atoms with van der Waals surface area (Å²) in [6.45, 7) is 7.72. The molecule has 1 aliphatic heterocycles. The maximum absolute atomic E-state index is 11.9. The van der Waals surface area contributed by atoms with Crippen LogP contribution in [-0.4, -0.2) is 34.4 Å². The van der Waals surface area contributed by atoms with Crippen molar-refractivity contribution in [1.29, 1.82) is 0 Å². The maximum Gasteiger partial charge on any atom is 0.487 e. The average Bonchev–Trinajstić information content (AvgIpc) is 2.56. The first kappa shape index (κ1) is 15.5. The third-order valence-corrected chi connectivity index (χ3v) is 3.91. The van der Waals surface area contributed by atoms with Gasteiger partial charge in [0, 0.05) is 18.0 Å². The molecule has 7 heteroatoms. The smallest absolute Gasteiger partial charge is 0.477 e. The van der Waals surface area contributed by atoms with Crippen LogP contribution < -0.4 is 5.43 Å². The van der Waals surface area contributed by atoms with Crippen LogP contribution >= 0.6 is 0 Å². The number of carboxylic acids is 1. The van der Waals surface area contributed by atoms with Gasteiger partial charge in [0.05, 0.1) is 11.2 Å². The zero-order valence-electron chi connectivity index (χ0n) is 12.5. The summed E-state index contributed by atoms with van der Waals surface area (Å²) < 4.78 is 11.5. The molecule has 0 aliphatic carbocycles. The molecule has 0 bridgehead atoms. The van der Waals surface area contributed by atoms with Gasteiger partial charge in [0.15, 0.2) is 0 Å². The minimum absolute atomic E-state index is 0.240. The van der Waals surface area contributed by atoms with Crippen molar-refractivity contribution in [3.05, 3.63) is 39.7 Å². The molecule has 2 rings (SSSR count). The Kier molecular flexibility index (Phi) is 3.82. The Morgan fingerprint density at radius 2 is 1.81 bits per heavy atom. The van der Waals surface area contributed by atoms with Crippen molar-refractivity contribution < 1.29 is 19.2 Å². The number of aromatic carboxylic acids is 1. The third kappa shape index (κ3) is 2.93. The molecule has 1 fully saturated rings. The number of pyridine rings is 1. The van der Waals surface area contributed by atoms with Crippen molar-refractivity contribution in [3.8, 4) is 0 Å². The van der Waals surface area contributed by atoms with E-state index < -0.39 is 29.7 Å². The van der Waals surface area contributed by atoms with Crippen LogP contribution in [0.5, 0.6) is 0 Å². The van der Waals surface area contributed by atoms with E-state index in [0.29, 0.717) is 0 Å². The van der Waals surface area contributed by atoms with Crippen LogP contribution in [0.4, 0.5) is 0 Å². The van der Waals surface area contributed by atoms with Gasteiger partial charge < -0.3 is 19.4 Å². The molecule has 21 heavy (non-hydrogen) atoms. The van der Waals surface area contributed by atoms with E-state index in [1.54, 1.807) is 5.98 Å². The van der Waals surface area contributed by atoms with Crippen LogP contribution in [0.2, 0.25) is 0 Å². The lowest BCUT2D eigenvalue weighted by Crippen LogP contribution is -2.41. The number of aromatic amines is 1. The molecule has 2 heterocycles. The summed E-state index contributed by atoms with van der Waals surface area (Å²) in [5.74, 6) is 0.342. The Balaban J connectivity index is 2.23. The SMILES string of the molecule is CC1(C)OB(/C=C/c2c[nH]cc(C(=O)O)c2=O)OC1(C)C. The molecule has 1 saturated heterocycles. The van der Waals surface area contributed by atoms with Crippen molar-refractivity contribution in [3.63, 3.8) is 0 Å². The molecule has 112 valence electrons. The first-order valence-corrected chi connectivity index (χ1v) is 6.62. The number of carboxylic acid groups (broad SMARTS) is 1. The van der Waals surface area contributed by atoms with E-state index in [4.69, 9.17) is 14.4 Å². The molecule has 0 radical (unpaired) electrons. The molecule has 0 unspecified atom stereocenters. The van der Waals surface area contributed by atoms with E-state index in [-0.39, 0.29) is 11.1 Å². The highest BCUT2D eigenvalue weighted by Gasteiger charge is 2.50. The maximum atomic E-state index is 11.9. The lowest BCUT2D eigenvalue weighted by Gasteiger charge is -2.32. The van der Waals surface area contributed by atoms with Gasteiger partial charge in [0.25, 0.3) is 0 Å². The minimum Gasteiger partial charge on any atom is -0.477 e. The summed E-state index contributed by atoms with van der Waals surface area (Å²) in [7, 11) is -0.581. The minimum atomic E-state index is -1.26. The van der Waals surface area contributed by atoms with E-state index in [2.05, 4.69) is 4.98 Å². The lowest BCUT2D eigenvalue weighted by atomic mass is 9.89. The topological polar surface area (TPSA) is 88.6 Å². The molecule has 0 amide bonds. The Hall–Kier alpha value is -1.86. The molecule has 0 atom stereocenters. The molecule has 1 aliphatic rings. The van der Waals surface area contributed by atoms with Gasteiger partial charge in [-0.1, -0.05) is 12.1 Å². The second-order valence-electron chi connectivity index (χ2n) is 5.94. The van der Waals surface area contributed by atoms with Gasteiger partial charge in [-0.2, -0.15) is 0 Å². The zero-order chi connectivity index (χ0) is 15.8. The van der Waals surface area contributed by atoms with Crippen LogP contribution in [0.25, 0.3) is 6.08 Å². The van der Waals surface area contributed by atoms with Crippen molar-refractivity contribution in [2.45, 2.75) is 38.9 Å². The average molecular weight is 291 g/mol. The summed E-state index contributed by atoms with van der Waals surface area (Å²) in [4.78, 5) is 25.5. The van der Waals surface area contributed by atoms with Crippen molar-refractivity contribution in [2.75, 3.05) is 0 Å². The summed E-state index contributed by atoms with van der Waals surface area (Å²) >= 11 is 0. The summed E-state index contributed by atoms with van der Waals surface area (Å²) in [5.41, 5.74) is -1.53. The quantitative estimate of drug-likeness (QED) is 0.828. The number of rotatable bonds is 3. The van der Waals surface area contributed by atoms with Crippen LogP contribution in [0.15, 0.2) is 23.2 Å². The number of hydrogen-bond donors (Lipinski definition) is 2. The van der Waals surface area contributed by atoms with Crippen LogP contribution in [0.3, 0.4) is 0 Å². The van der Waals surface area contributed by atoms with Gasteiger partial charge in [-0.25, -0.2) is 4.79 Å². The standard InChI is InChI=1S/C14H18BNO5/c1-13(2)14(3,4)21-15(20-13)6-5-9-7-16-8-10(11(9)17)12(18)19/h5-8H,1-4H3,(H,16,17)(H,18,19)/b6-5+. The monoisotopic (exact) mass is 291 g/mol. The van der Waals surface area contributed by atoms with Gasteiger partial charge in [-0.3, -0.25) is 4.79 Å². The number of H-pyrrole nitrogens is 1. The molecule has 1 aromatic rings. The first-order valence-electron chi connectivity index (χ1n) is 6.62. The van der Waals surface area contributed by atoms with Crippen molar-refractivity contribution >= 4 is 19.2 Å². The number of aromatic nitrogens is 1. The van der Waals surface area contributed by atoms with E-state index >= 15 is 0 Å². The normalized spacial score (nSPS) is 20.1. The Labute approximate surface area is 122 Å². The highest BCUT2D eigenvalue weighted by Crippen LogP contribution is 2.36. The fraction of sp³-hybridized carbons (Fsp3) is 0.429. The second kappa shape index (κ2) is 5.16. The van der Waals surface area contributed by atoms with Gasteiger partial charge >= 0.3 is 13.1 Å². The Morgan fingerprint density at radius 1 is 1.24 bits per heavy atom. The molecular formula is C14H18BNO5. The molecular weight excluding hydrogens is 273 g/mol. The van der Waals surface area contributed by atoms with Crippen LogP contribution in [0, 0.1) is 0 Å². The third-order valence-electron chi connectivity index (χ3n) is 3.91. The molecule has 2 N–H and O–H groups in total. The Bertz CT molecular complexity index is 631. The lowest BCUT2D eigenvalue weighted by molar-refractivity contribution is 0.00578. The summed E-state index contributed by atoms with van der Waals surface area (Å²) in [5, 5.41) is 8.91. The molecule has 6 nitrogen and oxygen atoms in total.